The quantitative estimate of drug-likeness (QED) is 0.544. The van der Waals surface area contributed by atoms with Gasteiger partial charge in [-0.15, -0.1) is 0 Å². The second-order valence-electron chi connectivity index (χ2n) is 7.04. The molecule has 0 bridgehead atoms. The number of hydrogen-bond donors (Lipinski definition) is 3. The number of carboxylic acids is 1. The molecule has 1 saturated heterocycles. The standard InChI is InChI=1S/C17H19FN6O.C2HF3O2/c18-12-1-3-13(4-2-12)22-16-14(15(20)25)11-24(23-16)17(5-8-19)6-9-21-10-7-17;3-2(4,5)1(6)7/h1-4,11,21H,5-7,9-10H2,(H2,20,25)(H,22,23);(H,6,7). The van der Waals surface area contributed by atoms with Gasteiger partial charge in [0.15, 0.2) is 5.82 Å². The summed E-state index contributed by atoms with van der Waals surface area (Å²) in [6, 6.07) is 7.98. The second-order valence-corrected chi connectivity index (χ2v) is 7.04. The van der Waals surface area contributed by atoms with Gasteiger partial charge in [-0.05, 0) is 24.3 Å². The number of hydrogen-bond acceptors (Lipinski definition) is 6. The molecule has 0 atom stereocenters. The van der Waals surface area contributed by atoms with E-state index in [4.69, 9.17) is 15.6 Å². The first-order valence-electron chi connectivity index (χ1n) is 9.38. The number of carbonyl (C=O) groups excluding carboxylic acids is 2. The summed E-state index contributed by atoms with van der Waals surface area (Å²) >= 11 is 0. The fourth-order valence-electron chi connectivity index (χ4n) is 3.20. The Balaban J connectivity index is 0.000000451. The smallest absolute Gasteiger partial charge is 0.430 e. The van der Waals surface area contributed by atoms with Crippen molar-refractivity contribution in [1.82, 2.24) is 9.78 Å². The Bertz CT molecular complexity index is 992. The highest BCUT2D eigenvalue weighted by molar-refractivity contribution is 5.98. The molecule has 1 amide bonds. The Morgan fingerprint density at radius 2 is 1.84 bits per heavy atom. The third-order valence-electron chi connectivity index (χ3n) is 4.84. The van der Waals surface area contributed by atoms with Gasteiger partial charge in [-0.3, -0.25) is 9.48 Å². The molecule has 3 rings (SSSR count). The number of amides is 1. The van der Waals surface area contributed by atoms with Gasteiger partial charge < -0.3 is 26.3 Å². The molecule has 1 aromatic carbocycles. The molecule has 2 heterocycles. The molecule has 0 aliphatic carbocycles. The lowest BCUT2D eigenvalue weighted by Crippen LogP contribution is -2.87. The molecule has 32 heavy (non-hydrogen) atoms. The number of carboxylic acid groups (broad SMARTS) is 1. The predicted molar refractivity (Wildman–Crippen MR) is 101 cm³/mol. The van der Waals surface area contributed by atoms with Crippen LogP contribution in [-0.4, -0.2) is 40.9 Å². The highest BCUT2D eigenvalue weighted by atomic mass is 19.4. The van der Waals surface area contributed by atoms with E-state index in [2.05, 4.69) is 21.8 Å². The van der Waals surface area contributed by atoms with Crippen LogP contribution in [0.2, 0.25) is 0 Å². The number of carbonyl (C=O) groups is 2. The number of nitriles is 1. The number of piperidine rings is 1. The molecule has 0 radical (unpaired) electrons. The molecule has 1 aliphatic rings. The van der Waals surface area contributed by atoms with Crippen molar-refractivity contribution in [3.8, 4) is 6.07 Å². The molecule has 0 spiro atoms. The van der Waals surface area contributed by atoms with E-state index in [9.17, 15) is 27.6 Å². The van der Waals surface area contributed by atoms with Crippen LogP contribution >= 0.6 is 0 Å². The minimum atomic E-state index is -5.19. The molecule has 1 aromatic heterocycles. The molecule has 1 fully saturated rings. The molecular weight excluding hydrogens is 436 g/mol. The molecule has 1 aliphatic heterocycles. The largest absolute Gasteiger partial charge is 0.542 e. The number of anilines is 2. The first-order valence-corrected chi connectivity index (χ1v) is 9.38. The summed E-state index contributed by atoms with van der Waals surface area (Å²) < 4.78 is 46.3. The summed E-state index contributed by atoms with van der Waals surface area (Å²) in [5.41, 5.74) is 5.90. The molecule has 172 valence electrons. The van der Waals surface area contributed by atoms with Gasteiger partial charge in [0.25, 0.3) is 5.91 Å². The van der Waals surface area contributed by atoms with Crippen LogP contribution in [0, 0.1) is 17.1 Å². The summed E-state index contributed by atoms with van der Waals surface area (Å²) in [5, 5.41) is 27.8. The van der Waals surface area contributed by atoms with Gasteiger partial charge >= 0.3 is 6.18 Å². The van der Waals surface area contributed by atoms with E-state index in [0.717, 1.165) is 25.9 Å². The zero-order valence-electron chi connectivity index (χ0n) is 16.7. The highest BCUT2D eigenvalue weighted by Gasteiger charge is 2.37. The minimum Gasteiger partial charge on any atom is -0.542 e. The highest BCUT2D eigenvalue weighted by Crippen LogP contribution is 2.31. The maximum atomic E-state index is 13.1. The van der Waals surface area contributed by atoms with E-state index >= 15 is 0 Å². The molecule has 0 saturated carbocycles. The molecule has 5 N–H and O–H groups in total. The van der Waals surface area contributed by atoms with Crippen molar-refractivity contribution in [1.29, 1.82) is 5.26 Å². The number of primary amides is 1. The van der Waals surface area contributed by atoms with Crippen LogP contribution in [0.3, 0.4) is 0 Å². The van der Waals surface area contributed by atoms with Crippen molar-refractivity contribution < 1.29 is 37.6 Å². The van der Waals surface area contributed by atoms with Crippen LogP contribution in [0.1, 0.15) is 29.6 Å². The third-order valence-corrected chi connectivity index (χ3v) is 4.84. The van der Waals surface area contributed by atoms with Crippen molar-refractivity contribution in [2.75, 3.05) is 18.4 Å². The zero-order chi connectivity index (χ0) is 23.9. The van der Waals surface area contributed by atoms with Gasteiger partial charge in [0.2, 0.25) is 0 Å². The molecule has 0 unspecified atom stereocenters. The Hall–Kier alpha value is -3.66. The van der Waals surface area contributed by atoms with Crippen LogP contribution in [-0.2, 0) is 10.3 Å². The van der Waals surface area contributed by atoms with Crippen molar-refractivity contribution in [3.63, 3.8) is 0 Å². The number of nitrogens with zero attached hydrogens (tertiary/aromatic N) is 3. The fourth-order valence-corrected chi connectivity index (χ4v) is 3.20. The number of halogens is 4. The fraction of sp³-hybridized carbons (Fsp3) is 0.368. The van der Waals surface area contributed by atoms with Gasteiger partial charge in [0, 0.05) is 24.7 Å². The normalized spacial score (nSPS) is 15.1. The van der Waals surface area contributed by atoms with E-state index in [0.29, 0.717) is 17.9 Å². The van der Waals surface area contributed by atoms with Crippen molar-refractivity contribution >= 4 is 23.4 Å². The van der Waals surface area contributed by atoms with E-state index in [-0.39, 0.29) is 11.4 Å². The number of aliphatic carboxylic acids is 1. The Morgan fingerprint density at radius 3 is 2.31 bits per heavy atom. The average molecular weight is 456 g/mol. The van der Waals surface area contributed by atoms with Crippen LogP contribution < -0.4 is 21.5 Å². The average Bonchev–Trinajstić information content (AvgIpc) is 3.15. The predicted octanol–water partition coefficient (Wildman–Crippen LogP) is 0.129. The number of quaternary nitrogens is 1. The Labute approximate surface area is 179 Å². The van der Waals surface area contributed by atoms with Crippen molar-refractivity contribution in [2.45, 2.75) is 31.0 Å². The van der Waals surface area contributed by atoms with Crippen LogP contribution in [0.4, 0.5) is 29.1 Å². The van der Waals surface area contributed by atoms with Crippen LogP contribution in [0.5, 0.6) is 0 Å². The van der Waals surface area contributed by atoms with E-state index in [1.54, 1.807) is 23.0 Å². The van der Waals surface area contributed by atoms with Gasteiger partial charge in [0.05, 0.1) is 31.1 Å². The number of alkyl halides is 3. The lowest BCUT2D eigenvalue weighted by Gasteiger charge is -2.34. The SMILES string of the molecule is N#CCC1(n2cc(C(N)=O)c(Nc3ccc(F)cc3)n2)CC[NH2+]CC1.O=C([O-])C(F)(F)F. The minimum absolute atomic E-state index is 0.246. The van der Waals surface area contributed by atoms with E-state index in [1.165, 1.54) is 12.1 Å². The van der Waals surface area contributed by atoms with Crippen LogP contribution in [0.25, 0.3) is 0 Å². The molecule has 2 aromatic rings. The maximum absolute atomic E-state index is 13.1. The second kappa shape index (κ2) is 10.1. The first kappa shape index (κ1) is 24.6. The van der Waals surface area contributed by atoms with Crippen molar-refractivity contribution in [2.24, 2.45) is 5.73 Å². The lowest BCUT2D eigenvalue weighted by atomic mass is 9.86. The maximum Gasteiger partial charge on any atom is 0.430 e. The number of benzene rings is 1. The van der Waals surface area contributed by atoms with E-state index in [1.807, 2.05) is 0 Å². The summed E-state index contributed by atoms with van der Waals surface area (Å²) in [7, 11) is 0. The van der Waals surface area contributed by atoms with Gasteiger partial charge in [0.1, 0.15) is 17.3 Å². The molecular formula is C19H20F4N6O3. The lowest BCUT2D eigenvalue weighted by molar-refractivity contribution is -0.667. The topological polar surface area (TPSA) is 153 Å². The Morgan fingerprint density at radius 1 is 1.28 bits per heavy atom. The van der Waals surface area contributed by atoms with Gasteiger partial charge in [-0.25, -0.2) is 4.39 Å². The van der Waals surface area contributed by atoms with Crippen LogP contribution in [0.15, 0.2) is 30.5 Å². The summed E-state index contributed by atoms with van der Waals surface area (Å²) in [4.78, 5) is 20.6. The number of aromatic nitrogens is 2. The monoisotopic (exact) mass is 456 g/mol. The molecule has 13 heteroatoms. The number of rotatable bonds is 5. The first-order chi connectivity index (χ1) is 15.0. The number of nitrogens with two attached hydrogens (primary N) is 2. The number of nitrogens with one attached hydrogen (secondary N) is 1. The Kier molecular flexibility index (Phi) is 7.77. The summed E-state index contributed by atoms with van der Waals surface area (Å²) in [6.07, 6.45) is -1.69. The molecule has 9 nitrogen and oxygen atoms in total. The van der Waals surface area contributed by atoms with E-state index < -0.39 is 23.6 Å². The van der Waals surface area contributed by atoms with Crippen molar-refractivity contribution in [3.05, 3.63) is 41.8 Å². The van der Waals surface area contributed by atoms with Gasteiger partial charge in [-0.2, -0.15) is 23.5 Å². The summed E-state index contributed by atoms with van der Waals surface area (Å²) in [5.74, 6) is -3.65. The van der Waals surface area contributed by atoms with Gasteiger partial charge in [-0.1, -0.05) is 0 Å². The zero-order valence-corrected chi connectivity index (χ0v) is 16.7. The summed E-state index contributed by atoms with van der Waals surface area (Å²) in [6.45, 7) is 1.79. The third kappa shape index (κ3) is 6.17.